The third kappa shape index (κ3) is 4.85. The molecular formula is C28H6F6N8. The van der Waals surface area contributed by atoms with E-state index in [2.05, 4.69) is 9.97 Å². The highest BCUT2D eigenvalue weighted by atomic mass is 19.4. The van der Waals surface area contributed by atoms with E-state index in [1.807, 2.05) is 6.07 Å². The maximum atomic E-state index is 13.6. The van der Waals surface area contributed by atoms with Gasteiger partial charge in [0.05, 0.1) is 28.6 Å². The van der Waals surface area contributed by atoms with Crippen molar-refractivity contribution in [1.29, 1.82) is 31.6 Å². The van der Waals surface area contributed by atoms with Gasteiger partial charge in [-0.05, 0) is 47.6 Å². The second-order valence-corrected chi connectivity index (χ2v) is 8.36. The van der Waals surface area contributed by atoms with E-state index in [1.165, 1.54) is 12.1 Å². The topological polar surface area (TPSA) is 169 Å². The van der Waals surface area contributed by atoms with E-state index in [9.17, 15) is 57.9 Å². The first-order chi connectivity index (χ1) is 19.8. The van der Waals surface area contributed by atoms with Gasteiger partial charge in [0.25, 0.3) is 0 Å². The smallest absolute Gasteiger partial charge is 0.243 e. The number of hydrogen-bond acceptors (Lipinski definition) is 8. The first kappa shape index (κ1) is 28.5. The van der Waals surface area contributed by atoms with E-state index >= 15 is 0 Å². The van der Waals surface area contributed by atoms with Crippen molar-refractivity contribution in [2.45, 2.75) is 12.4 Å². The molecule has 2 aromatic heterocycles. The fourth-order valence-corrected chi connectivity index (χ4v) is 4.28. The first-order valence-electron chi connectivity index (χ1n) is 11.1. The molecule has 14 heteroatoms. The van der Waals surface area contributed by atoms with Crippen molar-refractivity contribution < 1.29 is 26.3 Å². The van der Waals surface area contributed by atoms with E-state index < -0.39 is 51.6 Å². The zero-order chi connectivity index (χ0) is 31.0. The van der Waals surface area contributed by atoms with Gasteiger partial charge in [-0.3, -0.25) is 0 Å². The molecule has 0 N–H and O–H groups in total. The molecule has 0 radical (unpaired) electrons. The van der Waals surface area contributed by atoms with Gasteiger partial charge in [0.15, 0.2) is 0 Å². The normalized spacial score (nSPS) is 13.9. The summed E-state index contributed by atoms with van der Waals surface area (Å²) in [6.07, 6.45) is -8.32. The Morgan fingerprint density at radius 3 is 1.50 bits per heavy atom. The highest BCUT2D eigenvalue weighted by Crippen LogP contribution is 2.51. The molecule has 4 rings (SSSR count). The van der Waals surface area contributed by atoms with Gasteiger partial charge in [-0.1, -0.05) is 0 Å². The Balaban J connectivity index is 2.09. The molecule has 0 saturated heterocycles. The molecule has 8 nitrogen and oxygen atoms in total. The third-order valence-electron chi connectivity index (χ3n) is 5.96. The quantitative estimate of drug-likeness (QED) is 0.326. The Morgan fingerprint density at radius 2 is 1.10 bits per heavy atom. The van der Waals surface area contributed by atoms with Crippen molar-refractivity contribution in [3.05, 3.63) is 104 Å². The van der Waals surface area contributed by atoms with E-state index in [0.29, 0.717) is 6.07 Å². The molecule has 0 bridgehead atoms. The third-order valence-corrected chi connectivity index (χ3v) is 5.96. The minimum Gasteiger partial charge on any atom is -0.243 e. The summed E-state index contributed by atoms with van der Waals surface area (Å²) in [7, 11) is 0. The number of aromatic nitrogens is 2. The van der Waals surface area contributed by atoms with Crippen LogP contribution in [0.4, 0.5) is 26.3 Å². The number of rotatable bonds is 2. The van der Waals surface area contributed by atoms with Crippen LogP contribution in [0.1, 0.15) is 33.9 Å². The van der Waals surface area contributed by atoms with Crippen LogP contribution in [-0.2, 0) is 12.4 Å². The van der Waals surface area contributed by atoms with Crippen molar-refractivity contribution in [3.63, 3.8) is 0 Å². The molecule has 0 spiro atoms. The van der Waals surface area contributed by atoms with Gasteiger partial charge in [-0.25, -0.2) is 9.97 Å². The Hall–Kier alpha value is -6.48. The Bertz CT molecular complexity index is 1920. The predicted octanol–water partition coefficient (Wildman–Crippen LogP) is 5.74. The van der Waals surface area contributed by atoms with Crippen molar-refractivity contribution in [3.8, 4) is 36.4 Å². The van der Waals surface area contributed by atoms with Crippen LogP contribution in [0.15, 0.2) is 69.9 Å². The number of allylic oxidation sites excluding steroid dienone is 10. The number of alkyl halides is 6. The average Bonchev–Trinajstić information content (AvgIpc) is 3.50. The second kappa shape index (κ2) is 10.2. The standard InChI is InChI=1S/C28H6F6N8/c29-27(30,31)16-3-23(42-24(4-16)28(32,33)34)21-6-19-18(26(21)15(10-38)11-39)5-20(25(19)14(8-36)9-37)22-2-13(7-35)1-17(12-40)41-22/h1-6H. The van der Waals surface area contributed by atoms with E-state index in [0.717, 1.165) is 12.1 Å². The molecule has 0 unspecified atom stereocenters. The van der Waals surface area contributed by atoms with Gasteiger partial charge >= 0.3 is 12.4 Å². The summed E-state index contributed by atoms with van der Waals surface area (Å²) in [6.45, 7) is 0. The minimum absolute atomic E-state index is 0.0253. The highest BCUT2D eigenvalue weighted by molar-refractivity contribution is 6.04. The molecule has 2 heterocycles. The van der Waals surface area contributed by atoms with Crippen LogP contribution in [0.25, 0.3) is 11.1 Å². The fraction of sp³-hybridized carbons (Fsp3) is 0.0714. The maximum Gasteiger partial charge on any atom is 0.433 e. The molecule has 2 aliphatic rings. The lowest BCUT2D eigenvalue weighted by Crippen LogP contribution is -2.14. The molecule has 2 aliphatic carbocycles. The Morgan fingerprint density at radius 1 is 0.595 bits per heavy atom. The van der Waals surface area contributed by atoms with Gasteiger partial charge in [-0.15, -0.1) is 0 Å². The van der Waals surface area contributed by atoms with Gasteiger partial charge in [0, 0.05) is 22.3 Å². The molecule has 42 heavy (non-hydrogen) atoms. The van der Waals surface area contributed by atoms with Crippen LogP contribution in [-0.4, -0.2) is 9.97 Å². The van der Waals surface area contributed by atoms with Crippen molar-refractivity contribution in [2.75, 3.05) is 0 Å². The lowest BCUT2D eigenvalue weighted by molar-refractivity contribution is -0.145. The van der Waals surface area contributed by atoms with Crippen molar-refractivity contribution >= 4 is 11.1 Å². The molecule has 0 amide bonds. The summed E-state index contributed by atoms with van der Waals surface area (Å²) in [5, 5.41) is 57.3. The summed E-state index contributed by atoms with van der Waals surface area (Å²) in [5.41, 5.74) is -7.43. The molecule has 0 saturated carbocycles. The molecule has 0 fully saturated rings. The first-order valence-corrected chi connectivity index (χ1v) is 11.1. The largest absolute Gasteiger partial charge is 0.433 e. The van der Waals surface area contributed by atoms with Gasteiger partial charge < -0.3 is 0 Å². The molecular weight excluding hydrogens is 562 g/mol. The highest BCUT2D eigenvalue weighted by Gasteiger charge is 2.41. The molecule has 0 atom stereocenters. The Labute approximate surface area is 231 Å². The number of halogens is 6. The lowest BCUT2D eigenvalue weighted by atomic mass is 9.92. The fourth-order valence-electron chi connectivity index (χ4n) is 4.28. The van der Waals surface area contributed by atoms with Crippen LogP contribution in [0.3, 0.4) is 0 Å². The van der Waals surface area contributed by atoms with E-state index in [4.69, 9.17) is 0 Å². The van der Waals surface area contributed by atoms with Gasteiger partial charge in [-0.2, -0.15) is 57.9 Å². The molecule has 200 valence electrons. The summed E-state index contributed by atoms with van der Waals surface area (Å²) >= 11 is 0. The predicted molar refractivity (Wildman–Crippen MR) is 127 cm³/mol. The monoisotopic (exact) mass is 568 g/mol. The van der Waals surface area contributed by atoms with E-state index in [1.54, 1.807) is 30.3 Å². The number of nitriles is 6. The zero-order valence-corrected chi connectivity index (χ0v) is 20.3. The van der Waals surface area contributed by atoms with Crippen molar-refractivity contribution in [1.82, 2.24) is 9.97 Å². The SMILES string of the molecule is N#CC(C#N)=C1C(c2cc(C#N)cc(C#N)n2)=CC2=C1C=C(c1cc(C(F)(F)F)cc(C(F)(F)F)n1)C2=C(C#N)C#N. The van der Waals surface area contributed by atoms with Crippen LogP contribution in [0, 0.1) is 68.0 Å². The minimum atomic E-state index is -5.30. The molecule has 2 aromatic rings. The summed E-state index contributed by atoms with van der Waals surface area (Å²) in [6, 6.07) is 12.5. The number of nitrogens with zero attached hydrogens (tertiary/aromatic N) is 8. The van der Waals surface area contributed by atoms with Gasteiger partial charge in [0.2, 0.25) is 0 Å². The van der Waals surface area contributed by atoms with Crippen LogP contribution in [0.5, 0.6) is 0 Å². The number of pyridine rings is 2. The summed E-state index contributed by atoms with van der Waals surface area (Å²) < 4.78 is 81.4. The van der Waals surface area contributed by atoms with Crippen LogP contribution >= 0.6 is 0 Å². The maximum absolute atomic E-state index is 13.6. The van der Waals surface area contributed by atoms with Gasteiger partial charge in [0.1, 0.15) is 52.9 Å². The van der Waals surface area contributed by atoms with Crippen LogP contribution < -0.4 is 0 Å². The zero-order valence-electron chi connectivity index (χ0n) is 20.3. The van der Waals surface area contributed by atoms with Crippen molar-refractivity contribution in [2.24, 2.45) is 0 Å². The second-order valence-electron chi connectivity index (χ2n) is 8.36. The average molecular weight is 568 g/mol. The summed E-state index contributed by atoms with van der Waals surface area (Å²) in [5.74, 6) is 0. The summed E-state index contributed by atoms with van der Waals surface area (Å²) in [4.78, 5) is 7.42. The molecule has 0 aliphatic heterocycles. The van der Waals surface area contributed by atoms with E-state index in [-0.39, 0.29) is 45.3 Å². The lowest BCUT2D eigenvalue weighted by Gasteiger charge is -2.15. The number of hydrogen-bond donors (Lipinski definition) is 0. The molecule has 0 aromatic carbocycles. The Kier molecular flexibility index (Phi) is 6.96. The van der Waals surface area contributed by atoms with Crippen LogP contribution in [0.2, 0.25) is 0 Å².